The van der Waals surface area contributed by atoms with E-state index >= 15 is 0 Å². The summed E-state index contributed by atoms with van der Waals surface area (Å²) >= 11 is 1.57. The number of piperidine rings is 1. The van der Waals surface area contributed by atoms with E-state index in [0.29, 0.717) is 30.4 Å². The second kappa shape index (κ2) is 6.76. The van der Waals surface area contributed by atoms with Crippen molar-refractivity contribution in [2.75, 3.05) is 13.1 Å². The van der Waals surface area contributed by atoms with Crippen LogP contribution in [0.15, 0.2) is 45.5 Å². The van der Waals surface area contributed by atoms with Crippen molar-refractivity contribution in [2.24, 2.45) is 0 Å². The predicted octanol–water partition coefficient (Wildman–Crippen LogP) is 3.96. The molecule has 2 aromatic heterocycles. The topological polar surface area (TPSA) is 59.2 Å². The molecule has 0 aliphatic carbocycles. The van der Waals surface area contributed by atoms with Gasteiger partial charge >= 0.3 is 0 Å². The fraction of sp³-hybridized carbons (Fsp3) is 0.278. The van der Waals surface area contributed by atoms with E-state index < -0.39 is 0 Å². The lowest BCUT2D eigenvalue weighted by Gasteiger charge is -2.31. The lowest BCUT2D eigenvalue weighted by molar-refractivity contribution is 0.0698. The quantitative estimate of drug-likeness (QED) is 0.712. The molecular weight excluding hydrogens is 341 g/mol. The zero-order chi connectivity index (χ0) is 17.2. The maximum atomic E-state index is 13.0. The van der Waals surface area contributed by atoms with Crippen LogP contribution in [0.25, 0.3) is 11.5 Å². The highest BCUT2D eigenvalue weighted by Crippen LogP contribution is 2.29. The SMILES string of the molecule is O=C(c1ccc(F)cc1)N1CCCC(c2nnc(-c3ccsc3)o2)C1. The summed E-state index contributed by atoms with van der Waals surface area (Å²) in [5, 5.41) is 12.2. The number of aromatic nitrogens is 2. The molecule has 5 nitrogen and oxygen atoms in total. The van der Waals surface area contributed by atoms with Gasteiger partial charge in [-0.3, -0.25) is 4.79 Å². The Morgan fingerprint density at radius 2 is 2.08 bits per heavy atom. The van der Waals surface area contributed by atoms with Crippen molar-refractivity contribution < 1.29 is 13.6 Å². The zero-order valence-electron chi connectivity index (χ0n) is 13.4. The molecule has 7 heteroatoms. The number of nitrogens with zero attached hydrogens (tertiary/aromatic N) is 3. The normalized spacial score (nSPS) is 17.6. The van der Waals surface area contributed by atoms with Gasteiger partial charge in [0.15, 0.2) is 0 Å². The van der Waals surface area contributed by atoms with Crippen LogP contribution in [0.1, 0.15) is 35.0 Å². The summed E-state index contributed by atoms with van der Waals surface area (Å²) in [6, 6.07) is 7.58. The molecule has 0 saturated carbocycles. The van der Waals surface area contributed by atoms with Gasteiger partial charge in [-0.05, 0) is 48.6 Å². The summed E-state index contributed by atoms with van der Waals surface area (Å²) in [6.45, 7) is 1.21. The largest absolute Gasteiger partial charge is 0.420 e. The first-order valence-corrected chi connectivity index (χ1v) is 9.06. The lowest BCUT2D eigenvalue weighted by Crippen LogP contribution is -2.39. The summed E-state index contributed by atoms with van der Waals surface area (Å²) < 4.78 is 18.9. The Bertz CT molecular complexity index is 861. The number of hydrogen-bond acceptors (Lipinski definition) is 5. The fourth-order valence-electron chi connectivity index (χ4n) is 3.04. The molecule has 25 heavy (non-hydrogen) atoms. The zero-order valence-corrected chi connectivity index (χ0v) is 14.2. The number of likely N-dealkylation sites (tertiary alicyclic amines) is 1. The van der Waals surface area contributed by atoms with E-state index in [0.717, 1.165) is 18.4 Å². The number of benzene rings is 1. The van der Waals surface area contributed by atoms with Gasteiger partial charge in [0.1, 0.15) is 5.82 Å². The van der Waals surface area contributed by atoms with Gasteiger partial charge in [0, 0.05) is 29.6 Å². The highest BCUT2D eigenvalue weighted by atomic mass is 32.1. The van der Waals surface area contributed by atoms with Crippen LogP contribution in [0.2, 0.25) is 0 Å². The smallest absolute Gasteiger partial charge is 0.253 e. The van der Waals surface area contributed by atoms with Crippen molar-refractivity contribution in [3.8, 4) is 11.5 Å². The highest BCUT2D eigenvalue weighted by Gasteiger charge is 2.29. The lowest BCUT2D eigenvalue weighted by atomic mass is 9.97. The summed E-state index contributed by atoms with van der Waals surface area (Å²) in [6.07, 6.45) is 1.77. The van der Waals surface area contributed by atoms with Crippen LogP contribution >= 0.6 is 11.3 Å². The van der Waals surface area contributed by atoms with Crippen molar-refractivity contribution in [3.63, 3.8) is 0 Å². The number of carbonyl (C=O) groups excluding carboxylic acids is 1. The average molecular weight is 357 g/mol. The molecule has 1 aliphatic heterocycles. The Morgan fingerprint density at radius 3 is 2.84 bits per heavy atom. The third-order valence-electron chi connectivity index (χ3n) is 4.36. The first-order valence-electron chi connectivity index (χ1n) is 8.11. The maximum absolute atomic E-state index is 13.0. The number of halogens is 1. The molecule has 1 amide bonds. The molecule has 0 radical (unpaired) electrons. The third kappa shape index (κ3) is 3.32. The van der Waals surface area contributed by atoms with Crippen LogP contribution in [0, 0.1) is 5.82 Å². The van der Waals surface area contributed by atoms with Crippen molar-refractivity contribution in [1.29, 1.82) is 0 Å². The van der Waals surface area contributed by atoms with E-state index in [2.05, 4.69) is 10.2 Å². The molecule has 128 valence electrons. The molecule has 1 atom stereocenters. The monoisotopic (exact) mass is 357 g/mol. The van der Waals surface area contributed by atoms with Gasteiger partial charge in [0.2, 0.25) is 11.8 Å². The van der Waals surface area contributed by atoms with E-state index in [1.165, 1.54) is 24.3 Å². The molecule has 1 aromatic carbocycles. The van der Waals surface area contributed by atoms with Gasteiger partial charge in [-0.15, -0.1) is 10.2 Å². The van der Waals surface area contributed by atoms with Crippen LogP contribution in [0.4, 0.5) is 4.39 Å². The van der Waals surface area contributed by atoms with Crippen molar-refractivity contribution in [2.45, 2.75) is 18.8 Å². The number of thiophene rings is 1. The summed E-state index contributed by atoms with van der Waals surface area (Å²) in [5.74, 6) is 0.663. The van der Waals surface area contributed by atoms with Crippen LogP contribution in [0.5, 0.6) is 0 Å². The molecule has 4 rings (SSSR count). The molecule has 1 fully saturated rings. The van der Waals surface area contributed by atoms with Gasteiger partial charge < -0.3 is 9.32 Å². The van der Waals surface area contributed by atoms with Crippen molar-refractivity contribution >= 4 is 17.2 Å². The minimum absolute atomic E-state index is 0.0260. The van der Waals surface area contributed by atoms with E-state index in [9.17, 15) is 9.18 Å². The Kier molecular flexibility index (Phi) is 4.31. The van der Waals surface area contributed by atoms with E-state index in [1.807, 2.05) is 16.8 Å². The first kappa shape index (κ1) is 16.0. The van der Waals surface area contributed by atoms with Gasteiger partial charge in [-0.2, -0.15) is 11.3 Å². The molecule has 1 aliphatic rings. The van der Waals surface area contributed by atoms with Gasteiger partial charge in [-0.25, -0.2) is 4.39 Å². The molecule has 0 N–H and O–H groups in total. The Balaban J connectivity index is 1.49. The van der Waals surface area contributed by atoms with Crippen molar-refractivity contribution in [3.05, 3.63) is 58.4 Å². The standard InChI is InChI=1S/C18H16FN3O2S/c19-15-5-3-12(4-6-15)18(23)22-8-1-2-13(10-22)16-20-21-17(24-16)14-7-9-25-11-14/h3-7,9,11,13H,1-2,8,10H2. The van der Waals surface area contributed by atoms with Crippen molar-refractivity contribution in [1.82, 2.24) is 15.1 Å². The van der Waals surface area contributed by atoms with Gasteiger partial charge in [0.05, 0.1) is 5.92 Å². The Labute approximate surface area is 148 Å². The van der Waals surface area contributed by atoms with Crippen LogP contribution in [-0.2, 0) is 0 Å². The maximum Gasteiger partial charge on any atom is 0.253 e. The number of rotatable bonds is 3. The van der Waals surface area contributed by atoms with Gasteiger partial charge in [0.25, 0.3) is 5.91 Å². The summed E-state index contributed by atoms with van der Waals surface area (Å²) in [4.78, 5) is 14.4. The predicted molar refractivity (Wildman–Crippen MR) is 91.9 cm³/mol. The second-order valence-electron chi connectivity index (χ2n) is 6.05. The van der Waals surface area contributed by atoms with Crippen LogP contribution < -0.4 is 0 Å². The number of carbonyl (C=O) groups is 1. The molecule has 1 saturated heterocycles. The average Bonchev–Trinajstić information content (AvgIpc) is 3.33. The fourth-order valence-corrected chi connectivity index (χ4v) is 3.67. The van der Waals surface area contributed by atoms with Crippen LogP contribution in [-0.4, -0.2) is 34.1 Å². The Hall–Kier alpha value is -2.54. The number of hydrogen-bond donors (Lipinski definition) is 0. The second-order valence-corrected chi connectivity index (χ2v) is 6.83. The molecule has 0 bridgehead atoms. The third-order valence-corrected chi connectivity index (χ3v) is 5.04. The van der Waals surface area contributed by atoms with Crippen LogP contribution in [0.3, 0.4) is 0 Å². The van der Waals surface area contributed by atoms with E-state index in [4.69, 9.17) is 4.42 Å². The van der Waals surface area contributed by atoms with E-state index in [-0.39, 0.29) is 17.6 Å². The summed E-state index contributed by atoms with van der Waals surface area (Å²) in [7, 11) is 0. The van der Waals surface area contributed by atoms with E-state index in [1.54, 1.807) is 16.2 Å². The minimum atomic E-state index is -0.347. The molecule has 0 spiro atoms. The minimum Gasteiger partial charge on any atom is -0.420 e. The summed E-state index contributed by atoms with van der Waals surface area (Å²) in [5.41, 5.74) is 1.41. The molecule has 3 heterocycles. The Morgan fingerprint density at radius 1 is 1.24 bits per heavy atom. The first-order chi connectivity index (χ1) is 12.2. The molecular formula is C18H16FN3O2S. The molecule has 3 aromatic rings. The molecule has 1 unspecified atom stereocenters. The number of amides is 1. The van der Waals surface area contributed by atoms with Gasteiger partial charge in [-0.1, -0.05) is 0 Å². The highest BCUT2D eigenvalue weighted by molar-refractivity contribution is 7.08.